The molecule has 4 N–H and O–H groups in total. The predicted molar refractivity (Wildman–Crippen MR) is 114 cm³/mol. The summed E-state index contributed by atoms with van der Waals surface area (Å²) < 4.78 is 29.6. The van der Waals surface area contributed by atoms with Gasteiger partial charge in [-0.2, -0.15) is 0 Å². The number of nitrogens with one attached hydrogen (secondary N) is 2. The Morgan fingerprint density at radius 2 is 2.00 bits per heavy atom. The number of primary sulfonamides is 1. The molecule has 0 unspecified atom stereocenters. The van der Waals surface area contributed by atoms with E-state index in [0.29, 0.717) is 11.7 Å². The lowest BCUT2D eigenvalue weighted by Crippen LogP contribution is -2.31. The first-order chi connectivity index (χ1) is 13.7. The number of anilines is 1. The highest BCUT2D eigenvalue weighted by molar-refractivity contribution is 7.89. The maximum Gasteiger partial charge on any atom is 0.259 e. The first-order valence-corrected chi connectivity index (χ1v) is 11.5. The summed E-state index contributed by atoms with van der Waals surface area (Å²) in [6.45, 7) is 6.47. The van der Waals surface area contributed by atoms with Crippen LogP contribution in [-0.2, 0) is 16.6 Å². The lowest BCUT2D eigenvalue weighted by Gasteiger charge is -2.17. The number of nitrogens with two attached hydrogens (primary N) is 1. The number of hydrogen-bond donors (Lipinski definition) is 3. The molecule has 8 heteroatoms. The van der Waals surface area contributed by atoms with Crippen LogP contribution in [0.1, 0.15) is 38.7 Å². The number of sulfonamides is 1. The molecule has 0 radical (unpaired) electrons. The van der Waals surface area contributed by atoms with E-state index in [1.54, 1.807) is 12.1 Å². The fraction of sp³-hybridized carbons (Fsp3) is 0.476. The van der Waals surface area contributed by atoms with Gasteiger partial charge >= 0.3 is 0 Å². The van der Waals surface area contributed by atoms with Crippen molar-refractivity contribution in [2.24, 2.45) is 11.1 Å². The Kier molecular flexibility index (Phi) is 6.77. The first-order valence-electron chi connectivity index (χ1n) is 9.92. The van der Waals surface area contributed by atoms with Gasteiger partial charge in [0.05, 0.1) is 0 Å². The fourth-order valence-electron chi connectivity index (χ4n) is 3.67. The van der Waals surface area contributed by atoms with Crippen molar-refractivity contribution in [1.29, 1.82) is 0 Å². The average Bonchev–Trinajstić information content (AvgIpc) is 3.03. The number of pyridine rings is 1. The molecule has 0 amide bonds. The van der Waals surface area contributed by atoms with Gasteiger partial charge < -0.3 is 15.4 Å². The molecule has 1 aromatic heterocycles. The molecule has 1 aromatic carbocycles. The van der Waals surface area contributed by atoms with Crippen molar-refractivity contribution < 1.29 is 13.2 Å². The van der Waals surface area contributed by atoms with E-state index < -0.39 is 10.0 Å². The molecule has 0 spiro atoms. The van der Waals surface area contributed by atoms with Crippen molar-refractivity contribution in [3.8, 4) is 5.75 Å². The zero-order valence-corrected chi connectivity index (χ0v) is 17.8. The highest BCUT2D eigenvalue weighted by Crippen LogP contribution is 2.27. The number of rotatable bonds is 9. The van der Waals surface area contributed by atoms with Gasteiger partial charge in [-0.25, -0.2) is 18.5 Å². The summed E-state index contributed by atoms with van der Waals surface area (Å²) in [6.07, 6.45) is 3.28. The van der Waals surface area contributed by atoms with E-state index in [9.17, 15) is 8.42 Å². The number of nitrogens with zero attached hydrogens (tertiary/aromatic N) is 1. The summed E-state index contributed by atoms with van der Waals surface area (Å²) >= 11 is 0. The fourth-order valence-corrected chi connectivity index (χ4v) is 4.31. The monoisotopic (exact) mass is 418 g/mol. The zero-order chi connectivity index (χ0) is 20.9. The standard InChI is InChI=1S/C21H30N4O3S/c1-21(2)13-17(14-24-21)9-6-12-23-19-11-10-18(20(25-19)29(22,26)27)28-15-16-7-4-3-5-8-16/h3-5,7-8,10-11,17,24H,6,9,12-15H2,1-2H3,(H,23,25)(H2,22,26,27)/t17-/m0/s1. The second-order valence-electron chi connectivity index (χ2n) is 8.22. The van der Waals surface area contributed by atoms with Crippen molar-refractivity contribution in [2.75, 3.05) is 18.4 Å². The van der Waals surface area contributed by atoms with E-state index >= 15 is 0 Å². The van der Waals surface area contributed by atoms with E-state index in [4.69, 9.17) is 9.88 Å². The van der Waals surface area contributed by atoms with Gasteiger partial charge in [0, 0.05) is 12.1 Å². The molecule has 0 saturated carbocycles. The van der Waals surface area contributed by atoms with E-state index in [2.05, 4.69) is 29.5 Å². The summed E-state index contributed by atoms with van der Waals surface area (Å²) in [5, 5.41) is 11.8. The predicted octanol–water partition coefficient (Wildman–Crippen LogP) is 2.89. The average molecular weight is 419 g/mol. The van der Waals surface area contributed by atoms with Gasteiger partial charge in [-0.15, -0.1) is 0 Å². The largest absolute Gasteiger partial charge is 0.486 e. The molecule has 158 valence electrons. The van der Waals surface area contributed by atoms with Crippen molar-refractivity contribution in [3.63, 3.8) is 0 Å². The number of ether oxygens (including phenoxy) is 1. The third-order valence-electron chi connectivity index (χ3n) is 5.10. The van der Waals surface area contributed by atoms with Crippen LogP contribution in [0.3, 0.4) is 0 Å². The Labute approximate surface area is 173 Å². The van der Waals surface area contributed by atoms with Crippen molar-refractivity contribution in [2.45, 2.75) is 50.3 Å². The van der Waals surface area contributed by atoms with Crippen molar-refractivity contribution in [3.05, 3.63) is 48.0 Å². The molecule has 29 heavy (non-hydrogen) atoms. The summed E-state index contributed by atoms with van der Waals surface area (Å²) in [4.78, 5) is 4.19. The van der Waals surface area contributed by atoms with Gasteiger partial charge in [0.25, 0.3) is 10.0 Å². The van der Waals surface area contributed by atoms with E-state index in [1.807, 2.05) is 30.3 Å². The molecular weight excluding hydrogens is 388 g/mol. The molecule has 0 aliphatic carbocycles. The topological polar surface area (TPSA) is 106 Å². The number of aromatic nitrogens is 1. The Bertz CT molecular complexity index is 917. The minimum Gasteiger partial charge on any atom is -0.486 e. The smallest absolute Gasteiger partial charge is 0.259 e. The first kappa shape index (κ1) is 21.5. The van der Waals surface area contributed by atoms with Crippen LogP contribution in [0.25, 0.3) is 0 Å². The Morgan fingerprint density at radius 3 is 2.66 bits per heavy atom. The normalized spacial score (nSPS) is 18.5. The Hall–Kier alpha value is -2.16. The van der Waals surface area contributed by atoms with Crippen LogP contribution in [0.5, 0.6) is 5.75 Å². The van der Waals surface area contributed by atoms with Gasteiger partial charge in [-0.05, 0) is 63.3 Å². The molecule has 7 nitrogen and oxygen atoms in total. The quantitative estimate of drug-likeness (QED) is 0.541. The minimum absolute atomic E-state index is 0.154. The van der Waals surface area contributed by atoms with Crippen LogP contribution < -0.4 is 20.5 Å². The molecule has 1 atom stereocenters. The lowest BCUT2D eigenvalue weighted by atomic mass is 9.94. The maximum absolute atomic E-state index is 12.0. The molecule has 1 fully saturated rings. The van der Waals surface area contributed by atoms with Crippen LogP contribution in [0, 0.1) is 5.92 Å². The van der Waals surface area contributed by atoms with Gasteiger partial charge in [0.2, 0.25) is 5.03 Å². The lowest BCUT2D eigenvalue weighted by molar-refractivity contribution is 0.295. The van der Waals surface area contributed by atoms with Gasteiger partial charge in [0.1, 0.15) is 12.4 Å². The molecule has 1 aliphatic heterocycles. The second kappa shape index (κ2) is 9.11. The maximum atomic E-state index is 12.0. The molecule has 0 bridgehead atoms. The highest BCUT2D eigenvalue weighted by atomic mass is 32.2. The zero-order valence-electron chi connectivity index (χ0n) is 17.0. The number of benzene rings is 1. The third-order valence-corrected chi connectivity index (χ3v) is 5.93. The molecule has 3 rings (SSSR count). The molecular formula is C21H30N4O3S. The summed E-state index contributed by atoms with van der Waals surface area (Å²) in [5.41, 5.74) is 1.15. The summed E-state index contributed by atoms with van der Waals surface area (Å²) in [6, 6.07) is 12.8. The third kappa shape index (κ3) is 6.42. The van der Waals surface area contributed by atoms with Gasteiger partial charge in [-0.3, -0.25) is 0 Å². The van der Waals surface area contributed by atoms with Crippen molar-refractivity contribution in [1.82, 2.24) is 10.3 Å². The molecule has 2 heterocycles. The van der Waals surface area contributed by atoms with Crippen LogP contribution in [0.4, 0.5) is 5.82 Å². The van der Waals surface area contributed by atoms with Crippen LogP contribution in [-0.4, -0.2) is 32.0 Å². The van der Waals surface area contributed by atoms with Crippen LogP contribution >= 0.6 is 0 Å². The van der Waals surface area contributed by atoms with Crippen LogP contribution in [0.2, 0.25) is 0 Å². The molecule has 1 saturated heterocycles. The second-order valence-corrected chi connectivity index (χ2v) is 9.70. The van der Waals surface area contributed by atoms with E-state index in [1.165, 1.54) is 6.42 Å². The SMILES string of the molecule is CC1(C)C[C@H](CCCNc2ccc(OCc3ccccc3)c(S(N)(=O)=O)n2)CN1. The molecule has 2 aromatic rings. The summed E-state index contributed by atoms with van der Waals surface area (Å²) in [5.74, 6) is 1.31. The summed E-state index contributed by atoms with van der Waals surface area (Å²) in [7, 11) is -4.00. The van der Waals surface area contributed by atoms with Crippen molar-refractivity contribution >= 4 is 15.8 Å². The van der Waals surface area contributed by atoms with Gasteiger partial charge in [0.15, 0.2) is 5.75 Å². The number of hydrogen-bond acceptors (Lipinski definition) is 6. The minimum atomic E-state index is -4.00. The van der Waals surface area contributed by atoms with E-state index in [0.717, 1.165) is 31.5 Å². The van der Waals surface area contributed by atoms with Gasteiger partial charge in [-0.1, -0.05) is 30.3 Å². The highest BCUT2D eigenvalue weighted by Gasteiger charge is 2.29. The molecule has 1 aliphatic rings. The van der Waals surface area contributed by atoms with E-state index in [-0.39, 0.29) is 22.9 Å². The van der Waals surface area contributed by atoms with Crippen LogP contribution in [0.15, 0.2) is 47.5 Å². The Morgan fingerprint density at radius 1 is 1.24 bits per heavy atom. The Balaban J connectivity index is 1.57.